The van der Waals surface area contributed by atoms with Gasteiger partial charge in [-0.3, -0.25) is 14.3 Å². The highest BCUT2D eigenvalue weighted by Gasteiger charge is 2.44. The molecular weight excluding hydrogens is 362 g/mol. The van der Waals surface area contributed by atoms with Crippen molar-refractivity contribution in [3.8, 4) is 10.6 Å². The summed E-state index contributed by atoms with van der Waals surface area (Å²) in [6.45, 7) is 0. The van der Waals surface area contributed by atoms with Crippen LogP contribution in [0.5, 0.6) is 0 Å². The van der Waals surface area contributed by atoms with Crippen LogP contribution in [0.1, 0.15) is 18.2 Å². The molecule has 1 N–H and O–H groups in total. The lowest BCUT2D eigenvalue weighted by molar-refractivity contribution is -0.128. The Morgan fingerprint density at radius 3 is 2.70 bits per heavy atom. The van der Waals surface area contributed by atoms with E-state index in [0.29, 0.717) is 5.00 Å². The summed E-state index contributed by atoms with van der Waals surface area (Å²) in [6, 6.07) is 11.3. The summed E-state index contributed by atoms with van der Waals surface area (Å²) in [7, 11) is 3.55. The number of nitrogens with one attached hydrogen (secondary N) is 1. The number of anilines is 1. The number of carbonyl (C=O) groups is 2. The van der Waals surface area contributed by atoms with Crippen LogP contribution in [-0.2, 0) is 16.6 Å². The number of hydrogen-bond donors (Lipinski definition) is 1. The molecule has 0 bridgehead atoms. The number of nitrogens with zero attached hydrogens (tertiary/aromatic N) is 4. The highest BCUT2D eigenvalue weighted by Crippen LogP contribution is 2.38. The summed E-state index contributed by atoms with van der Waals surface area (Å²) in [5, 5.41) is 8.62. The predicted molar refractivity (Wildman–Crippen MR) is 103 cm³/mol. The largest absolute Gasteiger partial charge is 0.336 e. The van der Waals surface area contributed by atoms with Crippen LogP contribution in [0.3, 0.4) is 0 Å². The average Bonchev–Trinajstić information content (AvgIpc) is 3.37. The molecule has 0 unspecified atom stereocenters. The van der Waals surface area contributed by atoms with Gasteiger partial charge in [-0.05, 0) is 6.07 Å². The van der Waals surface area contributed by atoms with Gasteiger partial charge in [0.25, 0.3) is 0 Å². The van der Waals surface area contributed by atoms with Crippen LogP contribution in [0.15, 0.2) is 48.8 Å². The van der Waals surface area contributed by atoms with E-state index < -0.39 is 5.92 Å². The number of carbonyl (C=O) groups excluding carboxylic acids is 2. The summed E-state index contributed by atoms with van der Waals surface area (Å²) >= 11 is 1.42. The molecule has 8 heteroatoms. The van der Waals surface area contributed by atoms with Crippen LogP contribution in [-0.4, -0.2) is 38.5 Å². The molecule has 2 aromatic heterocycles. The van der Waals surface area contributed by atoms with Crippen LogP contribution < -0.4 is 5.32 Å². The smallest absolute Gasteiger partial charge is 0.231 e. The van der Waals surface area contributed by atoms with Crippen molar-refractivity contribution in [1.82, 2.24) is 19.7 Å². The fourth-order valence-electron chi connectivity index (χ4n) is 3.44. The molecule has 1 aromatic carbocycles. The highest BCUT2D eigenvalue weighted by atomic mass is 32.1. The van der Waals surface area contributed by atoms with Crippen molar-refractivity contribution >= 4 is 28.2 Å². The second kappa shape index (κ2) is 6.96. The van der Waals surface area contributed by atoms with Crippen LogP contribution >= 0.6 is 11.3 Å². The fraction of sp³-hybridized carbons (Fsp3) is 0.263. The summed E-state index contributed by atoms with van der Waals surface area (Å²) in [6.07, 6.45) is 3.52. The highest BCUT2D eigenvalue weighted by molar-refractivity contribution is 7.19. The van der Waals surface area contributed by atoms with Crippen molar-refractivity contribution in [2.45, 2.75) is 12.5 Å². The number of rotatable bonds is 4. The van der Waals surface area contributed by atoms with Crippen molar-refractivity contribution in [3.63, 3.8) is 0 Å². The first kappa shape index (κ1) is 17.4. The molecule has 4 rings (SSSR count). The Bertz CT molecular complexity index is 981. The van der Waals surface area contributed by atoms with E-state index in [1.807, 2.05) is 43.4 Å². The molecule has 1 fully saturated rings. The summed E-state index contributed by atoms with van der Waals surface area (Å²) in [4.78, 5) is 31.2. The minimum absolute atomic E-state index is 0.0457. The van der Waals surface area contributed by atoms with Gasteiger partial charge < -0.3 is 10.2 Å². The van der Waals surface area contributed by atoms with E-state index in [-0.39, 0.29) is 24.3 Å². The van der Waals surface area contributed by atoms with Gasteiger partial charge in [0.1, 0.15) is 10.0 Å². The third-order valence-corrected chi connectivity index (χ3v) is 5.82. The maximum atomic E-state index is 12.9. The first-order chi connectivity index (χ1) is 13.0. The van der Waals surface area contributed by atoms with Gasteiger partial charge in [-0.25, -0.2) is 4.98 Å². The van der Waals surface area contributed by atoms with E-state index in [0.717, 1.165) is 16.3 Å². The Balaban J connectivity index is 1.55. The van der Waals surface area contributed by atoms with E-state index in [4.69, 9.17) is 0 Å². The molecule has 2 amide bonds. The zero-order valence-corrected chi connectivity index (χ0v) is 15.8. The van der Waals surface area contributed by atoms with Gasteiger partial charge in [0.05, 0.1) is 23.9 Å². The lowest BCUT2D eigenvalue weighted by Gasteiger charge is -2.24. The number of benzene rings is 1. The standard InChI is InChI=1S/C19H19N5O2S/c1-23-16(25)10-13(17(23)14-8-9-21-24(14)2)18(26)22-15-11-20-19(27-15)12-6-4-3-5-7-12/h3-9,11,13,17H,10H2,1-2H3,(H,22,26)/t13-,17+/m1/s1. The topological polar surface area (TPSA) is 80.1 Å². The van der Waals surface area contributed by atoms with Crippen molar-refractivity contribution in [1.29, 1.82) is 0 Å². The van der Waals surface area contributed by atoms with Crippen molar-refractivity contribution in [2.75, 3.05) is 12.4 Å². The second-order valence-corrected chi connectivity index (χ2v) is 7.56. The Morgan fingerprint density at radius 1 is 1.22 bits per heavy atom. The van der Waals surface area contributed by atoms with Crippen molar-refractivity contribution in [2.24, 2.45) is 13.0 Å². The van der Waals surface area contributed by atoms with Crippen LogP contribution in [0.25, 0.3) is 10.6 Å². The van der Waals surface area contributed by atoms with E-state index >= 15 is 0 Å². The summed E-state index contributed by atoms with van der Waals surface area (Å²) < 4.78 is 1.71. The number of aryl methyl sites for hydroxylation is 1. The molecule has 27 heavy (non-hydrogen) atoms. The maximum Gasteiger partial charge on any atom is 0.231 e. The monoisotopic (exact) mass is 381 g/mol. The van der Waals surface area contributed by atoms with E-state index in [1.54, 1.807) is 29.0 Å². The van der Waals surface area contributed by atoms with Crippen molar-refractivity contribution < 1.29 is 9.59 Å². The molecule has 2 atom stereocenters. The molecular formula is C19H19N5O2S. The third kappa shape index (κ3) is 3.23. The van der Waals surface area contributed by atoms with Crippen LogP contribution in [0, 0.1) is 5.92 Å². The molecule has 0 saturated carbocycles. The van der Waals surface area contributed by atoms with Crippen molar-refractivity contribution in [3.05, 3.63) is 54.5 Å². The van der Waals surface area contributed by atoms with Gasteiger partial charge in [0, 0.05) is 32.3 Å². The quantitative estimate of drug-likeness (QED) is 0.754. The number of likely N-dealkylation sites (tertiary alicyclic amines) is 1. The van der Waals surface area contributed by atoms with E-state index in [9.17, 15) is 9.59 Å². The molecule has 0 spiro atoms. The molecule has 1 aliphatic rings. The Kier molecular flexibility index (Phi) is 4.49. The average molecular weight is 381 g/mol. The van der Waals surface area contributed by atoms with Gasteiger partial charge in [0.15, 0.2) is 0 Å². The molecule has 0 radical (unpaired) electrons. The SMILES string of the molecule is CN1C(=O)C[C@@H](C(=O)Nc2cnc(-c3ccccc3)s2)[C@H]1c1ccnn1C. The summed E-state index contributed by atoms with van der Waals surface area (Å²) in [5.41, 5.74) is 1.85. The fourth-order valence-corrected chi connectivity index (χ4v) is 4.27. The normalized spacial score (nSPS) is 19.5. The number of hydrogen-bond acceptors (Lipinski definition) is 5. The Labute approximate surface area is 160 Å². The number of aromatic nitrogens is 3. The van der Waals surface area contributed by atoms with E-state index in [1.165, 1.54) is 11.3 Å². The predicted octanol–water partition coefficient (Wildman–Crippen LogP) is 2.70. The van der Waals surface area contributed by atoms with Crippen LogP contribution in [0.2, 0.25) is 0 Å². The third-order valence-electron chi connectivity index (χ3n) is 4.86. The van der Waals surface area contributed by atoms with Gasteiger partial charge in [0.2, 0.25) is 11.8 Å². The molecule has 1 aliphatic heterocycles. The second-order valence-electron chi connectivity index (χ2n) is 6.52. The van der Waals surface area contributed by atoms with Gasteiger partial charge in [-0.1, -0.05) is 41.7 Å². The minimum atomic E-state index is -0.472. The van der Waals surface area contributed by atoms with Gasteiger partial charge in [-0.2, -0.15) is 5.10 Å². The zero-order valence-electron chi connectivity index (χ0n) is 15.0. The molecule has 7 nitrogen and oxygen atoms in total. The molecule has 0 aliphatic carbocycles. The lowest BCUT2D eigenvalue weighted by atomic mass is 9.96. The van der Waals surface area contributed by atoms with E-state index in [2.05, 4.69) is 15.4 Å². The lowest BCUT2D eigenvalue weighted by Crippen LogP contribution is -2.31. The zero-order chi connectivity index (χ0) is 19.0. The maximum absolute atomic E-state index is 12.9. The number of thiazole rings is 1. The Hall–Kier alpha value is -3.00. The first-order valence-electron chi connectivity index (χ1n) is 8.60. The molecule has 3 aromatic rings. The first-order valence-corrected chi connectivity index (χ1v) is 9.42. The molecule has 3 heterocycles. The van der Waals surface area contributed by atoms with Gasteiger partial charge >= 0.3 is 0 Å². The molecule has 1 saturated heterocycles. The molecule has 138 valence electrons. The Morgan fingerprint density at radius 2 is 2.00 bits per heavy atom. The van der Waals surface area contributed by atoms with Crippen LogP contribution in [0.4, 0.5) is 5.00 Å². The minimum Gasteiger partial charge on any atom is -0.336 e. The summed E-state index contributed by atoms with van der Waals surface area (Å²) in [5.74, 6) is -0.696. The van der Waals surface area contributed by atoms with Gasteiger partial charge in [-0.15, -0.1) is 0 Å². The number of amides is 2.